The van der Waals surface area contributed by atoms with Crippen LogP contribution in [0.15, 0.2) is 0 Å². The molecule has 102 valence electrons. The van der Waals surface area contributed by atoms with E-state index in [2.05, 4.69) is 27.7 Å². The number of rotatable bonds is 7. The Balaban J connectivity index is 4.23. The second-order valence-electron chi connectivity index (χ2n) is 6.16. The average Bonchev–Trinajstić information content (AvgIpc) is 2.23. The molecular weight excluding hydrogens is 212 g/mol. The van der Waals surface area contributed by atoms with Crippen LogP contribution in [0.4, 0.5) is 0 Å². The molecule has 1 amide bonds. The van der Waals surface area contributed by atoms with Crippen LogP contribution in [0.25, 0.3) is 0 Å². The average molecular weight is 242 g/mol. The van der Waals surface area contributed by atoms with Gasteiger partial charge in [0.15, 0.2) is 0 Å². The minimum Gasteiger partial charge on any atom is -0.345 e. The maximum atomic E-state index is 12.2. The summed E-state index contributed by atoms with van der Waals surface area (Å²) in [5, 5.41) is 0. The molecule has 0 aromatic rings. The molecule has 0 bridgehead atoms. The highest BCUT2D eigenvalue weighted by atomic mass is 16.2. The third-order valence-corrected chi connectivity index (χ3v) is 2.97. The number of unbranched alkanes of at least 4 members (excludes halogenated alkanes) is 2. The van der Waals surface area contributed by atoms with Crippen molar-refractivity contribution in [1.82, 2.24) is 4.90 Å². The monoisotopic (exact) mass is 242 g/mol. The summed E-state index contributed by atoms with van der Waals surface area (Å²) >= 11 is 0. The molecule has 0 aliphatic heterocycles. The van der Waals surface area contributed by atoms with Gasteiger partial charge in [0.1, 0.15) is 0 Å². The first-order valence-electron chi connectivity index (χ1n) is 6.77. The van der Waals surface area contributed by atoms with Crippen LogP contribution < -0.4 is 5.73 Å². The van der Waals surface area contributed by atoms with Gasteiger partial charge in [-0.05, 0) is 18.3 Å². The Bertz CT molecular complexity index is 221. The van der Waals surface area contributed by atoms with Gasteiger partial charge in [0.25, 0.3) is 0 Å². The summed E-state index contributed by atoms with van der Waals surface area (Å²) < 4.78 is 0. The van der Waals surface area contributed by atoms with Crippen molar-refractivity contribution in [2.45, 2.75) is 53.4 Å². The van der Waals surface area contributed by atoms with Crippen LogP contribution in [0, 0.1) is 11.3 Å². The van der Waals surface area contributed by atoms with Crippen molar-refractivity contribution >= 4 is 5.91 Å². The number of carbonyl (C=O) groups excluding carboxylic acids is 1. The smallest absolute Gasteiger partial charge is 0.226 e. The van der Waals surface area contributed by atoms with Crippen LogP contribution in [0.2, 0.25) is 0 Å². The maximum Gasteiger partial charge on any atom is 0.226 e. The molecule has 3 heteroatoms. The van der Waals surface area contributed by atoms with Crippen LogP contribution in [0.5, 0.6) is 0 Å². The lowest BCUT2D eigenvalue weighted by atomic mass is 9.84. The van der Waals surface area contributed by atoms with Crippen LogP contribution in [-0.4, -0.2) is 30.9 Å². The summed E-state index contributed by atoms with van der Waals surface area (Å²) in [6, 6.07) is 0. The van der Waals surface area contributed by atoms with Crippen LogP contribution in [0.1, 0.15) is 53.4 Å². The minimum atomic E-state index is -0.0263. The molecule has 2 N–H and O–H groups in total. The van der Waals surface area contributed by atoms with Gasteiger partial charge in [-0.2, -0.15) is 0 Å². The molecule has 0 rings (SSSR count). The van der Waals surface area contributed by atoms with E-state index in [0.717, 1.165) is 19.4 Å². The van der Waals surface area contributed by atoms with Crippen LogP contribution >= 0.6 is 0 Å². The number of hydrogen-bond acceptors (Lipinski definition) is 2. The molecule has 0 aliphatic carbocycles. The van der Waals surface area contributed by atoms with E-state index < -0.39 is 0 Å². The fraction of sp³-hybridized carbons (Fsp3) is 0.929. The highest BCUT2D eigenvalue weighted by Gasteiger charge is 2.25. The maximum absolute atomic E-state index is 12.2. The van der Waals surface area contributed by atoms with Gasteiger partial charge in [0.05, 0.1) is 5.92 Å². The molecule has 0 aromatic heterocycles. The number of hydrogen-bond donors (Lipinski definition) is 1. The quantitative estimate of drug-likeness (QED) is 0.698. The van der Waals surface area contributed by atoms with E-state index >= 15 is 0 Å². The Kier molecular flexibility index (Phi) is 7.44. The standard InChI is InChI=1S/C14H30N2O/c1-6-7-8-9-16(5)13(17)12(11-15)10-14(2,3)4/h12H,6-11,15H2,1-5H3. The summed E-state index contributed by atoms with van der Waals surface area (Å²) in [7, 11) is 1.89. The van der Waals surface area contributed by atoms with Gasteiger partial charge < -0.3 is 10.6 Å². The van der Waals surface area contributed by atoms with E-state index in [-0.39, 0.29) is 17.2 Å². The van der Waals surface area contributed by atoms with Crippen molar-refractivity contribution < 1.29 is 4.79 Å². The Morgan fingerprint density at radius 2 is 1.88 bits per heavy atom. The summed E-state index contributed by atoms with van der Waals surface area (Å²) in [5.41, 5.74) is 5.88. The van der Waals surface area contributed by atoms with Gasteiger partial charge in [0, 0.05) is 20.1 Å². The first-order valence-corrected chi connectivity index (χ1v) is 6.77. The topological polar surface area (TPSA) is 46.3 Å². The van der Waals surface area contributed by atoms with Gasteiger partial charge in [-0.25, -0.2) is 0 Å². The third-order valence-electron chi connectivity index (χ3n) is 2.97. The molecule has 0 fully saturated rings. The lowest BCUT2D eigenvalue weighted by Crippen LogP contribution is -2.38. The second kappa shape index (κ2) is 7.70. The van der Waals surface area contributed by atoms with Gasteiger partial charge in [-0.1, -0.05) is 40.5 Å². The Labute approximate surface area is 107 Å². The molecule has 0 radical (unpaired) electrons. The molecule has 0 saturated heterocycles. The Morgan fingerprint density at radius 1 is 1.29 bits per heavy atom. The molecule has 0 heterocycles. The number of nitrogens with zero attached hydrogens (tertiary/aromatic N) is 1. The van der Waals surface area contributed by atoms with E-state index in [4.69, 9.17) is 5.73 Å². The van der Waals surface area contributed by atoms with Crippen molar-refractivity contribution in [2.75, 3.05) is 20.1 Å². The molecule has 0 saturated carbocycles. The zero-order valence-electron chi connectivity index (χ0n) is 12.3. The molecule has 0 aliphatic rings. The van der Waals surface area contributed by atoms with Crippen molar-refractivity contribution in [1.29, 1.82) is 0 Å². The lowest BCUT2D eigenvalue weighted by Gasteiger charge is -2.28. The molecule has 1 unspecified atom stereocenters. The van der Waals surface area contributed by atoms with E-state index in [1.165, 1.54) is 12.8 Å². The van der Waals surface area contributed by atoms with E-state index in [9.17, 15) is 4.79 Å². The Morgan fingerprint density at radius 3 is 2.29 bits per heavy atom. The Hall–Kier alpha value is -0.570. The summed E-state index contributed by atoms with van der Waals surface area (Å²) in [6.07, 6.45) is 4.32. The zero-order valence-corrected chi connectivity index (χ0v) is 12.3. The highest BCUT2D eigenvalue weighted by Crippen LogP contribution is 2.25. The van der Waals surface area contributed by atoms with Crippen LogP contribution in [-0.2, 0) is 4.79 Å². The third kappa shape index (κ3) is 7.37. The van der Waals surface area contributed by atoms with Gasteiger partial charge in [-0.15, -0.1) is 0 Å². The molecular formula is C14H30N2O. The van der Waals surface area contributed by atoms with E-state index in [1.807, 2.05) is 11.9 Å². The number of amides is 1. The van der Waals surface area contributed by atoms with E-state index in [1.54, 1.807) is 0 Å². The molecule has 1 atom stereocenters. The number of carbonyl (C=O) groups is 1. The molecule has 3 nitrogen and oxygen atoms in total. The van der Waals surface area contributed by atoms with Gasteiger partial charge >= 0.3 is 0 Å². The first-order chi connectivity index (χ1) is 7.81. The lowest BCUT2D eigenvalue weighted by molar-refractivity contribution is -0.134. The molecule has 0 spiro atoms. The predicted molar refractivity (Wildman–Crippen MR) is 73.8 cm³/mol. The molecule has 17 heavy (non-hydrogen) atoms. The summed E-state index contributed by atoms with van der Waals surface area (Å²) in [6.45, 7) is 9.94. The zero-order chi connectivity index (χ0) is 13.5. The van der Waals surface area contributed by atoms with Crippen molar-refractivity contribution in [2.24, 2.45) is 17.1 Å². The second-order valence-corrected chi connectivity index (χ2v) is 6.16. The van der Waals surface area contributed by atoms with Crippen molar-refractivity contribution in [3.05, 3.63) is 0 Å². The van der Waals surface area contributed by atoms with Crippen LogP contribution in [0.3, 0.4) is 0 Å². The highest BCUT2D eigenvalue weighted by molar-refractivity contribution is 5.78. The van der Waals surface area contributed by atoms with E-state index in [0.29, 0.717) is 6.54 Å². The van der Waals surface area contributed by atoms with Crippen molar-refractivity contribution in [3.63, 3.8) is 0 Å². The summed E-state index contributed by atoms with van der Waals surface area (Å²) in [5.74, 6) is 0.181. The number of nitrogens with two attached hydrogens (primary N) is 1. The largest absolute Gasteiger partial charge is 0.345 e. The summed E-state index contributed by atoms with van der Waals surface area (Å²) in [4.78, 5) is 14.0. The normalized spacial score (nSPS) is 13.5. The van der Waals surface area contributed by atoms with Gasteiger partial charge in [0.2, 0.25) is 5.91 Å². The van der Waals surface area contributed by atoms with Crippen molar-refractivity contribution in [3.8, 4) is 0 Å². The predicted octanol–water partition coefficient (Wildman–Crippen LogP) is 2.65. The fourth-order valence-corrected chi connectivity index (χ4v) is 2.03. The minimum absolute atomic E-state index is 0.0263. The fourth-order valence-electron chi connectivity index (χ4n) is 2.03. The first kappa shape index (κ1) is 16.4. The SMILES string of the molecule is CCCCCN(C)C(=O)C(CN)CC(C)(C)C. The molecule has 0 aromatic carbocycles. The van der Waals surface area contributed by atoms with Gasteiger partial charge in [-0.3, -0.25) is 4.79 Å².